The summed E-state index contributed by atoms with van der Waals surface area (Å²) in [7, 11) is 0. The van der Waals surface area contributed by atoms with Gasteiger partial charge in [0.25, 0.3) is 11.8 Å². The number of hydrogen-bond donors (Lipinski definition) is 7. The molecule has 23 nitrogen and oxygen atoms in total. The van der Waals surface area contributed by atoms with Crippen molar-refractivity contribution in [1.29, 1.82) is 0 Å². The fourth-order valence-corrected chi connectivity index (χ4v) is 7.45. The number of nitrogens with two attached hydrogens (primary N) is 3. The van der Waals surface area contributed by atoms with Crippen LogP contribution in [0.25, 0.3) is 33.4 Å². The van der Waals surface area contributed by atoms with Crippen molar-refractivity contribution in [2.24, 2.45) is 11.7 Å². The molecule has 0 aliphatic carbocycles. The average Bonchev–Trinajstić information content (AvgIpc) is 4.05. The molecule has 10 N–H and O–H groups in total. The zero-order valence-corrected chi connectivity index (χ0v) is 39.0. The van der Waals surface area contributed by atoms with E-state index in [4.69, 9.17) is 31.2 Å². The summed E-state index contributed by atoms with van der Waals surface area (Å²) in [5, 5.41) is 18.9. The van der Waals surface area contributed by atoms with Crippen LogP contribution in [0.4, 0.5) is 31.2 Å². The van der Waals surface area contributed by atoms with Crippen LogP contribution >= 0.6 is 0 Å². The maximum atomic E-state index is 15.1. The number of carbonyl (C=O) groups excluding carboxylic acids is 8. The molecule has 0 radical (unpaired) electrons. The van der Waals surface area contributed by atoms with Gasteiger partial charge in [-0.1, -0.05) is 37.6 Å². The van der Waals surface area contributed by atoms with Crippen LogP contribution in [0.5, 0.6) is 0 Å². The largest absolute Gasteiger partial charge is 0.510 e. The number of hydrogen-bond acceptors (Lipinski definition) is 16. The SMILES string of the molecule is CC(=O)c1cc(-c2ncc(-c3cnn(COC(=O)OCc4ccc(NC(=O)[C@H](CCCNC(N)=O)NC(=O)[C@@H](NC(=O)CCCCCN5C(=O)C=CC5=O)C(C)C)cc4)c3)c3onc(N)c23)c(F)cc1N. The molecule has 0 fully saturated rings. The molecule has 6 rings (SSSR count). The third-order valence-electron chi connectivity index (χ3n) is 11.2. The predicted molar refractivity (Wildman–Crippen MR) is 253 cm³/mol. The molecule has 1 aliphatic rings. The van der Waals surface area contributed by atoms with Gasteiger partial charge < -0.3 is 52.5 Å². The Bertz CT molecular complexity index is 2840. The molecule has 0 bridgehead atoms. The Morgan fingerprint density at radius 3 is 2.31 bits per heavy atom. The lowest BCUT2D eigenvalue weighted by molar-refractivity contribution is -0.137. The second kappa shape index (κ2) is 23.5. The van der Waals surface area contributed by atoms with Crippen LogP contribution in [0, 0.1) is 11.7 Å². The number of primary amides is 1. The number of rotatable bonds is 23. The van der Waals surface area contributed by atoms with E-state index in [0.29, 0.717) is 41.6 Å². The van der Waals surface area contributed by atoms with Gasteiger partial charge in [0.2, 0.25) is 17.7 Å². The van der Waals surface area contributed by atoms with Gasteiger partial charge in [0.1, 0.15) is 24.5 Å². The van der Waals surface area contributed by atoms with E-state index in [1.54, 1.807) is 38.1 Å². The summed E-state index contributed by atoms with van der Waals surface area (Å²) in [5.74, 6) is -3.82. The van der Waals surface area contributed by atoms with Gasteiger partial charge >= 0.3 is 12.2 Å². The molecule has 0 unspecified atom stereocenters. The highest BCUT2D eigenvalue weighted by molar-refractivity contribution is 6.13. The predicted octanol–water partition coefficient (Wildman–Crippen LogP) is 4.07. The number of ether oxygens (including phenoxy) is 2. The van der Waals surface area contributed by atoms with Gasteiger partial charge in [0.05, 0.1) is 17.3 Å². The summed E-state index contributed by atoms with van der Waals surface area (Å²) >= 11 is 0. The van der Waals surface area contributed by atoms with E-state index in [1.165, 1.54) is 48.4 Å². The van der Waals surface area contributed by atoms with Gasteiger partial charge in [0.15, 0.2) is 23.9 Å². The van der Waals surface area contributed by atoms with Crippen molar-refractivity contribution in [3.63, 3.8) is 0 Å². The molecular weight excluding hydrogens is 928 g/mol. The zero-order chi connectivity index (χ0) is 51.4. The number of nitrogens with zero attached hydrogens (tertiary/aromatic N) is 5. The maximum Gasteiger partial charge on any atom is 0.510 e. The molecule has 71 heavy (non-hydrogen) atoms. The number of halogens is 1. The van der Waals surface area contributed by atoms with E-state index in [9.17, 15) is 38.4 Å². The fraction of sp³-hybridized carbons (Fsp3) is 0.340. The third-order valence-corrected chi connectivity index (χ3v) is 11.2. The lowest BCUT2D eigenvalue weighted by atomic mass is 9.99. The summed E-state index contributed by atoms with van der Waals surface area (Å²) in [5.41, 5.74) is 19.2. The number of ketones is 1. The summed E-state index contributed by atoms with van der Waals surface area (Å²) in [6, 6.07) is 5.82. The molecule has 374 valence electrons. The number of benzene rings is 2. The molecule has 2 atom stereocenters. The Balaban J connectivity index is 0.990. The molecular formula is C47H53FN12O11. The molecule has 1 aliphatic heterocycles. The standard InChI is InChI=1S/C47H53FN12O11/c1-25(2)40(57-36(62)9-5-4-6-17-60-37(63)14-15-38(60)64)45(66)56-35(8-7-16-52-46(51)67)44(65)55-29-12-10-27(11-13-29)23-69-47(68)70-24-59-22-28(20-54-59)32-21-53-41(39-42(32)71-58-43(39)50)31-18-30(26(3)61)34(49)19-33(31)48/h10-15,18-22,25,35,40H,4-9,16-17,23-24,49H2,1-3H3,(H2,50,58)(H,55,65)(H,56,66)(H,57,62)(H3,51,52,67)/t35-,40-/m0/s1. The van der Waals surface area contributed by atoms with E-state index < -0.39 is 41.9 Å². The zero-order valence-electron chi connectivity index (χ0n) is 39.0. The minimum Gasteiger partial charge on any atom is -0.429 e. The highest BCUT2D eigenvalue weighted by atomic mass is 19.1. The Hall–Kier alpha value is -8.70. The Morgan fingerprint density at radius 1 is 0.887 bits per heavy atom. The number of unbranched alkanes of at least 4 members (excludes halogenated alkanes) is 2. The molecule has 24 heteroatoms. The second-order valence-corrected chi connectivity index (χ2v) is 16.8. The van der Waals surface area contributed by atoms with E-state index in [0.717, 1.165) is 11.0 Å². The van der Waals surface area contributed by atoms with Crippen LogP contribution < -0.4 is 38.5 Å². The normalized spacial score (nSPS) is 13.0. The topological polar surface area (TPSA) is 341 Å². The number of nitrogens with one attached hydrogen (secondary N) is 4. The monoisotopic (exact) mass is 980 g/mol. The van der Waals surface area contributed by atoms with Gasteiger partial charge in [-0.15, -0.1) is 0 Å². The van der Waals surface area contributed by atoms with Crippen molar-refractivity contribution in [3.05, 3.63) is 84.1 Å². The number of Topliss-reactive ketones (excluding diaryl/α,β-unsaturated/α-hetero) is 1. The Labute approximate surface area is 405 Å². The van der Waals surface area contributed by atoms with Crippen molar-refractivity contribution in [3.8, 4) is 22.4 Å². The molecule has 4 heterocycles. The number of fused-ring (bicyclic) bond motifs is 1. The van der Waals surface area contributed by atoms with Gasteiger partial charge in [-0.05, 0) is 68.4 Å². The number of aromatic nitrogens is 4. The highest BCUT2D eigenvalue weighted by Gasteiger charge is 2.29. The summed E-state index contributed by atoms with van der Waals surface area (Å²) in [4.78, 5) is 105. The van der Waals surface area contributed by atoms with Crippen molar-refractivity contribution in [2.45, 2.75) is 84.7 Å². The quantitative estimate of drug-likeness (QED) is 0.0159. The minimum atomic E-state index is -1.09. The summed E-state index contributed by atoms with van der Waals surface area (Å²) in [6.45, 7) is 4.61. The van der Waals surface area contributed by atoms with Gasteiger partial charge in [-0.2, -0.15) is 5.10 Å². The molecule has 7 amide bonds. The van der Waals surface area contributed by atoms with Gasteiger partial charge in [-0.3, -0.25) is 38.7 Å². The van der Waals surface area contributed by atoms with Gasteiger partial charge in [-0.25, -0.2) is 18.7 Å². The highest BCUT2D eigenvalue weighted by Crippen LogP contribution is 2.38. The summed E-state index contributed by atoms with van der Waals surface area (Å²) in [6.07, 6.45) is 7.78. The lowest BCUT2D eigenvalue weighted by Crippen LogP contribution is -2.54. The first-order valence-electron chi connectivity index (χ1n) is 22.4. The second-order valence-electron chi connectivity index (χ2n) is 16.8. The van der Waals surface area contributed by atoms with Crippen molar-refractivity contribution in [1.82, 2.24) is 40.8 Å². The average molecular weight is 981 g/mol. The number of urea groups is 1. The van der Waals surface area contributed by atoms with Crippen LogP contribution in [0.1, 0.15) is 75.2 Å². The van der Waals surface area contributed by atoms with Crippen LogP contribution in [-0.4, -0.2) is 97.5 Å². The molecule has 0 saturated heterocycles. The fourth-order valence-electron chi connectivity index (χ4n) is 7.45. The number of amides is 7. The first-order chi connectivity index (χ1) is 33.9. The number of pyridine rings is 1. The van der Waals surface area contributed by atoms with E-state index in [2.05, 4.69) is 36.5 Å². The molecule has 2 aromatic carbocycles. The van der Waals surface area contributed by atoms with Crippen LogP contribution in [-0.2, 0) is 46.8 Å². The first kappa shape index (κ1) is 51.7. The van der Waals surface area contributed by atoms with Crippen LogP contribution in [0.3, 0.4) is 0 Å². The first-order valence-corrected chi connectivity index (χ1v) is 22.4. The van der Waals surface area contributed by atoms with Crippen LogP contribution in [0.2, 0.25) is 0 Å². The van der Waals surface area contributed by atoms with Crippen molar-refractivity contribution >= 4 is 75.7 Å². The molecule has 3 aromatic heterocycles. The number of nitrogen functional groups attached to an aromatic ring is 2. The van der Waals surface area contributed by atoms with E-state index in [-0.39, 0.29) is 114 Å². The number of anilines is 3. The van der Waals surface area contributed by atoms with Crippen LogP contribution in [0.15, 0.2) is 71.7 Å². The Morgan fingerprint density at radius 2 is 1.62 bits per heavy atom. The van der Waals surface area contributed by atoms with Gasteiger partial charge in [0, 0.05) is 77.7 Å². The minimum absolute atomic E-state index is 0.0277. The molecule has 5 aromatic rings. The third kappa shape index (κ3) is 13.5. The summed E-state index contributed by atoms with van der Waals surface area (Å²) < 4.78 is 32.4. The molecule has 0 spiro atoms. The van der Waals surface area contributed by atoms with Crippen molar-refractivity contribution in [2.75, 3.05) is 29.9 Å². The smallest absolute Gasteiger partial charge is 0.429 e. The maximum absolute atomic E-state index is 15.1. The van der Waals surface area contributed by atoms with Crippen molar-refractivity contribution < 1.29 is 56.7 Å². The van der Waals surface area contributed by atoms with E-state index in [1.807, 2.05) is 0 Å². The number of imide groups is 1. The number of carbonyl (C=O) groups is 8. The lowest BCUT2D eigenvalue weighted by Gasteiger charge is -2.25. The molecule has 0 saturated carbocycles. The Kier molecular flexibility index (Phi) is 17.1. The van der Waals surface area contributed by atoms with E-state index >= 15 is 4.39 Å².